The van der Waals surface area contributed by atoms with Crippen molar-refractivity contribution in [1.29, 1.82) is 0 Å². The van der Waals surface area contributed by atoms with Gasteiger partial charge in [-0.2, -0.15) is 4.31 Å². The van der Waals surface area contributed by atoms with Crippen LogP contribution in [0.2, 0.25) is 0 Å². The number of nitrogens with two attached hydrogens (primary N) is 1. The Morgan fingerprint density at radius 1 is 1.32 bits per heavy atom. The number of nitrogen functional groups attached to an aromatic ring is 1. The second-order valence-corrected chi connectivity index (χ2v) is 7.00. The van der Waals surface area contributed by atoms with Gasteiger partial charge in [0.15, 0.2) is 5.03 Å². The van der Waals surface area contributed by atoms with E-state index in [1.807, 2.05) is 0 Å². The summed E-state index contributed by atoms with van der Waals surface area (Å²) in [6, 6.07) is 2.91. The molecule has 2 saturated heterocycles. The predicted molar refractivity (Wildman–Crippen MR) is 69.7 cm³/mol. The van der Waals surface area contributed by atoms with E-state index in [1.165, 1.54) is 10.5 Å². The van der Waals surface area contributed by atoms with Crippen molar-refractivity contribution in [3.05, 3.63) is 18.3 Å². The van der Waals surface area contributed by atoms with Gasteiger partial charge < -0.3 is 10.8 Å². The fourth-order valence-corrected chi connectivity index (χ4v) is 5.14. The molecule has 2 aliphatic heterocycles. The lowest BCUT2D eigenvalue weighted by Crippen LogP contribution is -2.48. The molecule has 2 unspecified atom stereocenters. The van der Waals surface area contributed by atoms with Crippen molar-refractivity contribution in [2.24, 2.45) is 0 Å². The standard InChI is InChI=1S/C12H17N3O3S/c13-11-2-1-5-14-12(11)19(17,18)15-8-3-4-9(15)7-10(16)6-8/h1-2,5,8-10,16H,3-4,6-7,13H2. The van der Waals surface area contributed by atoms with Gasteiger partial charge >= 0.3 is 0 Å². The van der Waals surface area contributed by atoms with Crippen molar-refractivity contribution in [2.75, 3.05) is 5.73 Å². The first-order chi connectivity index (χ1) is 9.00. The molecule has 1 aromatic heterocycles. The number of pyridine rings is 1. The molecule has 1 aromatic rings. The van der Waals surface area contributed by atoms with Crippen LogP contribution in [0.5, 0.6) is 0 Å². The number of hydrogen-bond acceptors (Lipinski definition) is 5. The third kappa shape index (κ3) is 2.01. The summed E-state index contributed by atoms with van der Waals surface area (Å²) in [4.78, 5) is 3.92. The van der Waals surface area contributed by atoms with E-state index in [1.54, 1.807) is 12.1 Å². The third-order valence-electron chi connectivity index (χ3n) is 3.96. The van der Waals surface area contributed by atoms with Crippen molar-refractivity contribution in [1.82, 2.24) is 9.29 Å². The summed E-state index contributed by atoms with van der Waals surface area (Å²) < 4.78 is 26.9. The molecule has 19 heavy (non-hydrogen) atoms. The van der Waals surface area contributed by atoms with Crippen LogP contribution in [0.25, 0.3) is 0 Å². The number of hydrogen-bond donors (Lipinski definition) is 2. The SMILES string of the molecule is Nc1cccnc1S(=O)(=O)N1C2CCC1CC(O)C2. The maximum atomic E-state index is 12.7. The monoisotopic (exact) mass is 283 g/mol. The number of fused-ring (bicyclic) bond motifs is 2. The van der Waals surface area contributed by atoms with Crippen molar-refractivity contribution >= 4 is 15.7 Å². The zero-order valence-electron chi connectivity index (χ0n) is 10.4. The minimum atomic E-state index is -3.67. The average Bonchev–Trinajstić information content (AvgIpc) is 2.63. The van der Waals surface area contributed by atoms with Crippen molar-refractivity contribution in [3.63, 3.8) is 0 Å². The van der Waals surface area contributed by atoms with Gasteiger partial charge in [0.25, 0.3) is 10.0 Å². The van der Waals surface area contributed by atoms with Crippen molar-refractivity contribution < 1.29 is 13.5 Å². The Hall–Kier alpha value is -1.18. The van der Waals surface area contributed by atoms with Gasteiger partial charge in [-0.1, -0.05) is 0 Å². The first-order valence-electron chi connectivity index (χ1n) is 6.42. The quantitative estimate of drug-likeness (QED) is 0.816. The number of aliphatic hydroxyl groups is 1. The van der Waals surface area contributed by atoms with Crippen LogP contribution in [-0.2, 0) is 10.0 Å². The number of piperidine rings is 1. The van der Waals surface area contributed by atoms with Gasteiger partial charge in [0.05, 0.1) is 11.8 Å². The summed E-state index contributed by atoms with van der Waals surface area (Å²) >= 11 is 0. The minimum absolute atomic E-state index is 0.0664. The van der Waals surface area contributed by atoms with Crippen LogP contribution in [-0.4, -0.2) is 41.0 Å². The second-order valence-electron chi connectivity index (χ2n) is 5.24. The van der Waals surface area contributed by atoms with E-state index in [2.05, 4.69) is 4.98 Å². The highest BCUT2D eigenvalue weighted by Gasteiger charge is 2.47. The smallest absolute Gasteiger partial charge is 0.263 e. The molecule has 0 amide bonds. The summed E-state index contributed by atoms with van der Waals surface area (Å²) in [5, 5.41) is 9.67. The molecule has 0 aliphatic carbocycles. The van der Waals surface area contributed by atoms with Crippen LogP contribution in [0.1, 0.15) is 25.7 Å². The van der Waals surface area contributed by atoms with Gasteiger partial charge in [0, 0.05) is 18.3 Å². The Morgan fingerprint density at radius 3 is 2.53 bits per heavy atom. The lowest BCUT2D eigenvalue weighted by atomic mass is 10.0. The molecule has 0 saturated carbocycles. The molecule has 2 aliphatic rings. The van der Waals surface area contributed by atoms with Gasteiger partial charge in [-0.25, -0.2) is 13.4 Å². The van der Waals surface area contributed by atoms with E-state index in [4.69, 9.17) is 5.73 Å². The molecule has 7 heteroatoms. The first kappa shape index (κ1) is 12.8. The Morgan fingerprint density at radius 2 is 1.95 bits per heavy atom. The summed E-state index contributed by atoms with van der Waals surface area (Å²) in [6.07, 6.45) is 3.64. The predicted octanol–water partition coefficient (Wildman–Crippen LogP) is 0.340. The topological polar surface area (TPSA) is 96.5 Å². The fourth-order valence-electron chi connectivity index (χ4n) is 3.22. The Bertz CT molecular complexity index is 576. The van der Waals surface area contributed by atoms with E-state index in [9.17, 15) is 13.5 Å². The third-order valence-corrected chi connectivity index (χ3v) is 5.94. The van der Waals surface area contributed by atoms with Crippen LogP contribution in [0.3, 0.4) is 0 Å². The summed E-state index contributed by atoms with van der Waals surface area (Å²) in [5.74, 6) is 0. The van der Waals surface area contributed by atoms with Crippen LogP contribution >= 0.6 is 0 Å². The van der Waals surface area contributed by atoms with E-state index in [0.29, 0.717) is 12.8 Å². The minimum Gasteiger partial charge on any atom is -0.396 e. The molecule has 0 aromatic carbocycles. The molecule has 2 bridgehead atoms. The van der Waals surface area contributed by atoms with E-state index >= 15 is 0 Å². The van der Waals surface area contributed by atoms with Gasteiger partial charge in [-0.15, -0.1) is 0 Å². The zero-order valence-corrected chi connectivity index (χ0v) is 11.3. The number of rotatable bonds is 2. The van der Waals surface area contributed by atoms with Crippen molar-refractivity contribution in [3.8, 4) is 0 Å². The molecule has 3 rings (SSSR count). The Labute approximate surface area is 112 Å². The second kappa shape index (κ2) is 4.43. The maximum absolute atomic E-state index is 12.7. The van der Waals surface area contributed by atoms with E-state index < -0.39 is 16.1 Å². The first-order valence-corrected chi connectivity index (χ1v) is 7.86. The van der Waals surface area contributed by atoms with E-state index in [-0.39, 0.29) is 22.8 Å². The molecule has 2 atom stereocenters. The number of anilines is 1. The average molecular weight is 283 g/mol. The number of sulfonamides is 1. The van der Waals surface area contributed by atoms with Gasteiger partial charge in [0.2, 0.25) is 0 Å². The number of aromatic nitrogens is 1. The molecule has 0 radical (unpaired) electrons. The molecular formula is C12H17N3O3S. The summed E-state index contributed by atoms with van der Waals surface area (Å²) in [5.41, 5.74) is 5.91. The van der Waals surface area contributed by atoms with E-state index in [0.717, 1.165) is 12.8 Å². The zero-order chi connectivity index (χ0) is 13.6. The molecule has 104 valence electrons. The van der Waals surface area contributed by atoms with Gasteiger partial charge in [0.1, 0.15) is 0 Å². The highest BCUT2D eigenvalue weighted by Crippen LogP contribution is 2.40. The van der Waals surface area contributed by atoms with Gasteiger partial charge in [-0.05, 0) is 37.8 Å². The Balaban J connectivity index is 2.01. The fraction of sp³-hybridized carbons (Fsp3) is 0.583. The lowest BCUT2D eigenvalue weighted by molar-refractivity contribution is 0.0768. The molecule has 2 fully saturated rings. The molecular weight excluding hydrogens is 266 g/mol. The molecule has 3 heterocycles. The molecule has 3 N–H and O–H groups in total. The van der Waals surface area contributed by atoms with Gasteiger partial charge in [-0.3, -0.25) is 0 Å². The molecule has 6 nitrogen and oxygen atoms in total. The van der Waals surface area contributed by atoms with Crippen LogP contribution in [0.4, 0.5) is 5.69 Å². The van der Waals surface area contributed by atoms with Crippen molar-refractivity contribution in [2.45, 2.75) is 48.9 Å². The highest BCUT2D eigenvalue weighted by atomic mass is 32.2. The molecule has 0 spiro atoms. The van der Waals surface area contributed by atoms with Crippen LogP contribution in [0, 0.1) is 0 Å². The van der Waals surface area contributed by atoms with Crippen LogP contribution in [0.15, 0.2) is 23.4 Å². The van der Waals surface area contributed by atoms with Crippen LogP contribution < -0.4 is 5.73 Å². The Kier molecular flexibility index (Phi) is 2.99. The maximum Gasteiger partial charge on any atom is 0.263 e. The number of nitrogens with zero attached hydrogens (tertiary/aromatic N) is 2. The normalized spacial score (nSPS) is 31.5. The summed E-state index contributed by atoms with van der Waals surface area (Å²) in [7, 11) is -3.67. The lowest BCUT2D eigenvalue weighted by Gasteiger charge is -2.35. The highest BCUT2D eigenvalue weighted by molar-refractivity contribution is 7.89. The number of aliphatic hydroxyl groups excluding tert-OH is 1. The summed E-state index contributed by atoms with van der Waals surface area (Å²) in [6.45, 7) is 0. The largest absolute Gasteiger partial charge is 0.396 e.